The number of carboxylic acids is 1. The van der Waals surface area contributed by atoms with E-state index in [1.807, 2.05) is 0 Å². The van der Waals surface area contributed by atoms with Gasteiger partial charge in [-0.15, -0.1) is 0 Å². The Morgan fingerprint density at radius 2 is 2.29 bits per heavy atom. The molecule has 0 aliphatic heterocycles. The highest BCUT2D eigenvalue weighted by molar-refractivity contribution is 9.10. The zero-order chi connectivity index (χ0) is 10.7. The number of nitrogens with zero attached hydrogens (tertiary/aromatic N) is 1. The van der Waals surface area contributed by atoms with Crippen LogP contribution in [-0.4, -0.2) is 18.2 Å². The van der Waals surface area contributed by atoms with Gasteiger partial charge in [-0.1, -0.05) is 0 Å². The molecule has 1 aromatic rings. The van der Waals surface area contributed by atoms with E-state index in [1.54, 1.807) is 6.07 Å². The first-order valence-electron chi connectivity index (χ1n) is 3.61. The number of nitriles is 1. The summed E-state index contributed by atoms with van der Waals surface area (Å²) in [6.45, 7) is 0. The van der Waals surface area contributed by atoms with Gasteiger partial charge in [-0.2, -0.15) is 5.26 Å². The number of methoxy groups -OCH3 is 1. The summed E-state index contributed by atoms with van der Waals surface area (Å²) >= 11 is 3.16. The predicted octanol–water partition coefficient (Wildman–Crippen LogP) is 2.03. The van der Waals surface area contributed by atoms with Crippen molar-refractivity contribution in [3.8, 4) is 11.8 Å². The average Bonchev–Trinajstić information content (AvgIpc) is 2.16. The zero-order valence-corrected chi connectivity index (χ0v) is 8.83. The summed E-state index contributed by atoms with van der Waals surface area (Å²) in [5, 5.41) is 17.5. The van der Waals surface area contributed by atoms with Gasteiger partial charge in [0.2, 0.25) is 0 Å². The molecule has 0 bridgehead atoms. The lowest BCUT2D eigenvalue weighted by Gasteiger charge is -2.05. The number of hydrogen-bond acceptors (Lipinski definition) is 3. The lowest BCUT2D eigenvalue weighted by atomic mass is 10.1. The van der Waals surface area contributed by atoms with Crippen molar-refractivity contribution in [2.45, 2.75) is 0 Å². The molecule has 1 aromatic carbocycles. The molecule has 4 nitrogen and oxygen atoms in total. The van der Waals surface area contributed by atoms with Gasteiger partial charge in [-0.25, -0.2) is 4.79 Å². The molecule has 1 N–H and O–H groups in total. The van der Waals surface area contributed by atoms with E-state index in [1.165, 1.54) is 19.2 Å². The Hall–Kier alpha value is -1.54. The average molecular weight is 256 g/mol. The normalized spacial score (nSPS) is 9.21. The summed E-state index contributed by atoms with van der Waals surface area (Å²) in [6, 6.07) is 4.53. The third kappa shape index (κ3) is 1.86. The van der Waals surface area contributed by atoms with E-state index in [2.05, 4.69) is 15.9 Å². The molecular formula is C9H6BrNO3. The Bertz CT molecular complexity index is 423. The number of hydrogen-bond donors (Lipinski definition) is 1. The number of carboxylic acid groups (broad SMARTS) is 1. The maximum absolute atomic E-state index is 10.7. The molecule has 0 saturated carbocycles. The van der Waals surface area contributed by atoms with Crippen LogP contribution < -0.4 is 4.74 Å². The first kappa shape index (κ1) is 10.5. The molecular weight excluding hydrogens is 250 g/mol. The number of ether oxygens (including phenoxy) is 1. The molecule has 0 spiro atoms. The summed E-state index contributed by atoms with van der Waals surface area (Å²) < 4.78 is 5.47. The molecule has 0 amide bonds. The molecule has 0 aliphatic rings. The standard InChI is InChI=1S/C9H6BrNO3/c1-14-8-3-6(9(12)13)5(4-11)2-7(8)10/h2-3H,1H3,(H,12,13). The van der Waals surface area contributed by atoms with Crippen LogP contribution >= 0.6 is 15.9 Å². The number of benzene rings is 1. The Morgan fingerprint density at radius 1 is 1.64 bits per heavy atom. The Kier molecular flexibility index (Phi) is 3.10. The molecule has 0 radical (unpaired) electrons. The summed E-state index contributed by atoms with van der Waals surface area (Å²) in [6.07, 6.45) is 0. The minimum atomic E-state index is -1.15. The van der Waals surface area contributed by atoms with Crippen LogP contribution in [-0.2, 0) is 0 Å². The van der Waals surface area contributed by atoms with Gasteiger partial charge in [-0.3, -0.25) is 0 Å². The highest BCUT2D eigenvalue weighted by Crippen LogP contribution is 2.28. The van der Waals surface area contributed by atoms with Crippen molar-refractivity contribution >= 4 is 21.9 Å². The molecule has 0 heterocycles. The second-order valence-corrected chi connectivity index (χ2v) is 3.30. The van der Waals surface area contributed by atoms with Crippen LogP contribution in [0.15, 0.2) is 16.6 Å². The van der Waals surface area contributed by atoms with E-state index in [4.69, 9.17) is 15.1 Å². The van der Waals surface area contributed by atoms with Crippen molar-refractivity contribution in [1.82, 2.24) is 0 Å². The summed E-state index contributed by atoms with van der Waals surface area (Å²) in [5.74, 6) is -0.756. The highest BCUT2D eigenvalue weighted by atomic mass is 79.9. The van der Waals surface area contributed by atoms with Gasteiger partial charge < -0.3 is 9.84 Å². The third-order valence-electron chi connectivity index (χ3n) is 1.64. The van der Waals surface area contributed by atoms with Gasteiger partial charge in [0.05, 0.1) is 22.7 Å². The van der Waals surface area contributed by atoms with Crippen molar-refractivity contribution in [3.05, 3.63) is 27.7 Å². The van der Waals surface area contributed by atoms with Gasteiger partial charge in [0.25, 0.3) is 0 Å². The molecule has 72 valence electrons. The monoisotopic (exact) mass is 255 g/mol. The molecule has 0 atom stereocenters. The van der Waals surface area contributed by atoms with Crippen molar-refractivity contribution in [2.75, 3.05) is 7.11 Å². The zero-order valence-electron chi connectivity index (χ0n) is 7.24. The number of halogens is 1. The van der Waals surface area contributed by atoms with Crippen LogP contribution in [0.1, 0.15) is 15.9 Å². The van der Waals surface area contributed by atoms with Gasteiger partial charge >= 0.3 is 5.97 Å². The van der Waals surface area contributed by atoms with E-state index in [0.29, 0.717) is 10.2 Å². The van der Waals surface area contributed by atoms with Crippen LogP contribution in [0.25, 0.3) is 0 Å². The molecule has 5 heteroatoms. The molecule has 0 aromatic heterocycles. The SMILES string of the molecule is COc1cc(C(=O)O)c(C#N)cc1Br. The van der Waals surface area contributed by atoms with E-state index < -0.39 is 5.97 Å². The first-order chi connectivity index (χ1) is 6.60. The first-order valence-corrected chi connectivity index (χ1v) is 4.40. The van der Waals surface area contributed by atoms with Gasteiger partial charge in [-0.05, 0) is 28.1 Å². The van der Waals surface area contributed by atoms with Crippen LogP contribution in [0.4, 0.5) is 0 Å². The maximum atomic E-state index is 10.7. The lowest BCUT2D eigenvalue weighted by molar-refractivity contribution is 0.0696. The van der Waals surface area contributed by atoms with Crippen molar-refractivity contribution < 1.29 is 14.6 Å². The number of carbonyl (C=O) groups is 1. The summed E-state index contributed by atoms with van der Waals surface area (Å²) in [4.78, 5) is 10.7. The topological polar surface area (TPSA) is 70.3 Å². The summed E-state index contributed by atoms with van der Waals surface area (Å²) in [5.41, 5.74) is 0.0396. The van der Waals surface area contributed by atoms with E-state index in [0.717, 1.165) is 0 Å². The van der Waals surface area contributed by atoms with E-state index >= 15 is 0 Å². The molecule has 1 rings (SSSR count). The highest BCUT2D eigenvalue weighted by Gasteiger charge is 2.13. The number of rotatable bonds is 2. The minimum Gasteiger partial charge on any atom is -0.496 e. The smallest absolute Gasteiger partial charge is 0.337 e. The van der Waals surface area contributed by atoms with E-state index in [9.17, 15) is 4.79 Å². The summed E-state index contributed by atoms with van der Waals surface area (Å²) in [7, 11) is 1.43. The van der Waals surface area contributed by atoms with Crippen LogP contribution in [0.3, 0.4) is 0 Å². The van der Waals surface area contributed by atoms with Gasteiger partial charge in [0, 0.05) is 0 Å². The van der Waals surface area contributed by atoms with Crippen LogP contribution in [0.2, 0.25) is 0 Å². The molecule has 14 heavy (non-hydrogen) atoms. The van der Waals surface area contributed by atoms with Gasteiger partial charge in [0.15, 0.2) is 0 Å². The van der Waals surface area contributed by atoms with Gasteiger partial charge in [0.1, 0.15) is 11.8 Å². The quantitative estimate of drug-likeness (QED) is 0.878. The lowest BCUT2D eigenvalue weighted by Crippen LogP contribution is -2.01. The number of aromatic carboxylic acids is 1. The van der Waals surface area contributed by atoms with Crippen molar-refractivity contribution in [3.63, 3.8) is 0 Å². The molecule has 0 saturated heterocycles. The largest absolute Gasteiger partial charge is 0.496 e. The predicted molar refractivity (Wildman–Crippen MR) is 52.4 cm³/mol. The Balaban J connectivity index is 3.42. The molecule has 0 unspecified atom stereocenters. The minimum absolute atomic E-state index is 0.0625. The fraction of sp³-hybridized carbons (Fsp3) is 0.111. The molecule has 0 fully saturated rings. The third-order valence-corrected chi connectivity index (χ3v) is 2.26. The van der Waals surface area contributed by atoms with Crippen LogP contribution in [0.5, 0.6) is 5.75 Å². The Labute approximate surface area is 88.9 Å². The molecule has 0 aliphatic carbocycles. The fourth-order valence-electron chi connectivity index (χ4n) is 0.979. The second kappa shape index (κ2) is 4.11. The van der Waals surface area contributed by atoms with Crippen molar-refractivity contribution in [2.24, 2.45) is 0 Å². The maximum Gasteiger partial charge on any atom is 0.337 e. The van der Waals surface area contributed by atoms with Crippen LogP contribution in [0, 0.1) is 11.3 Å². The fourth-order valence-corrected chi connectivity index (χ4v) is 1.48. The van der Waals surface area contributed by atoms with Crippen molar-refractivity contribution in [1.29, 1.82) is 5.26 Å². The van der Waals surface area contributed by atoms with E-state index in [-0.39, 0.29) is 11.1 Å². The second-order valence-electron chi connectivity index (χ2n) is 2.45. The Morgan fingerprint density at radius 3 is 2.71 bits per heavy atom.